The number of rotatable bonds is 5. The highest BCUT2D eigenvalue weighted by molar-refractivity contribution is 7.92. The molecule has 0 aliphatic carbocycles. The fourth-order valence-electron chi connectivity index (χ4n) is 2.20. The minimum atomic E-state index is -4.71. The highest BCUT2D eigenvalue weighted by atomic mass is 35.5. The first-order valence-electron chi connectivity index (χ1n) is 7.10. The molecule has 0 N–H and O–H groups in total. The van der Waals surface area contributed by atoms with E-state index < -0.39 is 26.8 Å². The summed E-state index contributed by atoms with van der Waals surface area (Å²) in [5, 5.41) is -0.516. The molecule has 0 aromatic heterocycles. The van der Waals surface area contributed by atoms with Crippen molar-refractivity contribution < 1.29 is 31.1 Å². The first kappa shape index (κ1) is 20.2. The Bertz CT molecular complexity index is 916. The van der Waals surface area contributed by atoms with E-state index in [1.807, 2.05) is 0 Å². The molecule has 0 bridgehead atoms. The number of alkyl halides is 3. The van der Waals surface area contributed by atoms with E-state index in [0.717, 1.165) is 17.4 Å². The summed E-state index contributed by atoms with van der Waals surface area (Å²) in [4.78, 5) is -0.166. The summed E-state index contributed by atoms with van der Waals surface area (Å²) in [6.07, 6.45) is -4.71. The molecule has 2 aromatic carbocycles. The fraction of sp³-hybridized carbons (Fsp3) is 0.250. The number of hydrogen-bond acceptors (Lipinski definition) is 4. The molecule has 0 saturated heterocycles. The van der Waals surface area contributed by atoms with Crippen LogP contribution in [-0.2, 0) is 16.2 Å². The van der Waals surface area contributed by atoms with E-state index in [0.29, 0.717) is 11.8 Å². The summed E-state index contributed by atoms with van der Waals surface area (Å²) in [6, 6.07) is 6.76. The summed E-state index contributed by atoms with van der Waals surface area (Å²) in [5.41, 5.74) is -1.30. The molecule has 0 fully saturated rings. The predicted molar refractivity (Wildman–Crippen MR) is 91.6 cm³/mol. The van der Waals surface area contributed by atoms with Gasteiger partial charge in [-0.05, 0) is 30.3 Å². The van der Waals surface area contributed by atoms with Crippen molar-refractivity contribution in [3.63, 3.8) is 0 Å². The van der Waals surface area contributed by atoms with Crippen LogP contribution in [0.15, 0.2) is 41.3 Å². The van der Waals surface area contributed by atoms with Gasteiger partial charge in [-0.2, -0.15) is 13.2 Å². The molecular weight excluding hydrogens is 395 g/mol. The zero-order valence-electron chi connectivity index (χ0n) is 14.0. The molecule has 0 unspecified atom stereocenters. The zero-order valence-corrected chi connectivity index (χ0v) is 15.5. The van der Waals surface area contributed by atoms with Gasteiger partial charge in [0.25, 0.3) is 10.0 Å². The average Bonchev–Trinajstić information content (AvgIpc) is 2.59. The maximum Gasteiger partial charge on any atom is 0.417 e. The maximum absolute atomic E-state index is 13.0. The van der Waals surface area contributed by atoms with Gasteiger partial charge in [-0.15, -0.1) is 0 Å². The van der Waals surface area contributed by atoms with Crippen molar-refractivity contribution in [1.82, 2.24) is 0 Å². The van der Waals surface area contributed by atoms with Crippen molar-refractivity contribution in [2.45, 2.75) is 11.1 Å². The van der Waals surface area contributed by atoms with Gasteiger partial charge in [0.05, 0.1) is 35.4 Å². The topological polar surface area (TPSA) is 55.8 Å². The number of benzene rings is 2. The fourth-order valence-corrected chi connectivity index (χ4v) is 3.63. The third-order valence-electron chi connectivity index (χ3n) is 3.63. The molecule has 0 amide bonds. The van der Waals surface area contributed by atoms with Crippen LogP contribution >= 0.6 is 11.6 Å². The third-order valence-corrected chi connectivity index (χ3v) is 5.74. The Morgan fingerprint density at radius 3 is 2.15 bits per heavy atom. The maximum atomic E-state index is 13.0. The molecule has 2 aromatic rings. The van der Waals surface area contributed by atoms with Crippen LogP contribution in [0.1, 0.15) is 5.56 Å². The molecule has 26 heavy (non-hydrogen) atoms. The van der Waals surface area contributed by atoms with E-state index >= 15 is 0 Å². The quantitative estimate of drug-likeness (QED) is 0.742. The summed E-state index contributed by atoms with van der Waals surface area (Å²) >= 11 is 5.57. The summed E-state index contributed by atoms with van der Waals surface area (Å²) < 4.78 is 75.4. The van der Waals surface area contributed by atoms with Crippen LogP contribution in [0.4, 0.5) is 18.9 Å². The predicted octanol–water partition coefficient (Wildman–Crippen LogP) is 4.20. The SMILES string of the molecule is COc1ccc(S(=O)(=O)N(C)c2ccc(Cl)c(C(F)(F)F)c2)cc1OC. The summed E-state index contributed by atoms with van der Waals surface area (Å²) in [6.45, 7) is 0. The molecular formula is C16H15ClF3NO4S. The number of hydrogen-bond donors (Lipinski definition) is 0. The van der Waals surface area contributed by atoms with Crippen molar-refractivity contribution in [2.24, 2.45) is 0 Å². The Balaban J connectivity index is 2.50. The monoisotopic (exact) mass is 409 g/mol. The molecule has 2 rings (SSSR count). The van der Waals surface area contributed by atoms with E-state index in [1.165, 1.54) is 38.5 Å². The van der Waals surface area contributed by atoms with Gasteiger partial charge in [-0.1, -0.05) is 11.6 Å². The van der Waals surface area contributed by atoms with Crippen LogP contribution in [-0.4, -0.2) is 29.7 Å². The van der Waals surface area contributed by atoms with E-state index in [2.05, 4.69) is 0 Å². The second kappa shape index (κ2) is 7.24. The van der Waals surface area contributed by atoms with Crippen LogP contribution in [0, 0.1) is 0 Å². The molecule has 5 nitrogen and oxygen atoms in total. The van der Waals surface area contributed by atoms with E-state index in [9.17, 15) is 21.6 Å². The summed E-state index contributed by atoms with van der Waals surface area (Å²) in [7, 11) is -0.256. The molecule has 0 radical (unpaired) electrons. The average molecular weight is 410 g/mol. The molecule has 0 saturated carbocycles. The molecule has 0 heterocycles. The van der Waals surface area contributed by atoms with Gasteiger partial charge >= 0.3 is 6.18 Å². The Hall–Kier alpha value is -2.13. The van der Waals surface area contributed by atoms with Crippen molar-refractivity contribution >= 4 is 27.3 Å². The highest BCUT2D eigenvalue weighted by Crippen LogP contribution is 2.38. The van der Waals surface area contributed by atoms with Gasteiger partial charge in [0.15, 0.2) is 11.5 Å². The van der Waals surface area contributed by atoms with E-state index in [1.54, 1.807) is 0 Å². The molecule has 10 heteroatoms. The van der Waals surface area contributed by atoms with Crippen LogP contribution in [0.25, 0.3) is 0 Å². The van der Waals surface area contributed by atoms with Gasteiger partial charge in [0.1, 0.15) is 0 Å². The van der Waals surface area contributed by atoms with Gasteiger partial charge in [-0.25, -0.2) is 8.42 Å². The molecule has 0 aliphatic heterocycles. The minimum absolute atomic E-state index is 0.166. The summed E-state index contributed by atoms with van der Waals surface area (Å²) in [5.74, 6) is 0.494. The Labute approximate surface area is 153 Å². The number of anilines is 1. The van der Waals surface area contributed by atoms with Gasteiger partial charge in [0.2, 0.25) is 0 Å². The van der Waals surface area contributed by atoms with E-state index in [4.69, 9.17) is 21.1 Å². The second-order valence-corrected chi connectivity index (χ2v) is 7.53. The number of halogens is 4. The largest absolute Gasteiger partial charge is 0.493 e. The smallest absolute Gasteiger partial charge is 0.417 e. The van der Waals surface area contributed by atoms with Crippen LogP contribution in [0.5, 0.6) is 11.5 Å². The Morgan fingerprint density at radius 1 is 1.00 bits per heavy atom. The molecule has 0 spiro atoms. The van der Waals surface area contributed by atoms with Crippen molar-refractivity contribution in [3.05, 3.63) is 47.0 Å². The lowest BCUT2D eigenvalue weighted by Gasteiger charge is -2.21. The number of sulfonamides is 1. The molecule has 142 valence electrons. The zero-order chi connectivity index (χ0) is 19.7. The lowest BCUT2D eigenvalue weighted by atomic mass is 10.2. The lowest BCUT2D eigenvalue weighted by molar-refractivity contribution is -0.137. The van der Waals surface area contributed by atoms with Crippen molar-refractivity contribution in [3.8, 4) is 11.5 Å². The standard InChI is InChI=1S/C16H15ClF3NO4S/c1-21(10-4-6-13(17)12(8-10)16(18,19)20)26(22,23)11-5-7-14(24-2)15(9-11)25-3/h4-9H,1-3H3. The van der Waals surface area contributed by atoms with Gasteiger partial charge in [0, 0.05) is 13.1 Å². The Morgan fingerprint density at radius 2 is 1.62 bits per heavy atom. The minimum Gasteiger partial charge on any atom is -0.493 e. The van der Waals surface area contributed by atoms with E-state index in [-0.39, 0.29) is 16.3 Å². The van der Waals surface area contributed by atoms with Crippen LogP contribution in [0.2, 0.25) is 5.02 Å². The Kier molecular flexibility index (Phi) is 5.62. The molecule has 0 aliphatic rings. The normalized spacial score (nSPS) is 12.0. The van der Waals surface area contributed by atoms with Crippen LogP contribution < -0.4 is 13.8 Å². The van der Waals surface area contributed by atoms with Crippen molar-refractivity contribution in [1.29, 1.82) is 0 Å². The van der Waals surface area contributed by atoms with Crippen LogP contribution in [0.3, 0.4) is 0 Å². The first-order chi connectivity index (χ1) is 12.0. The van der Waals surface area contributed by atoms with Gasteiger partial charge in [-0.3, -0.25) is 4.31 Å². The third kappa shape index (κ3) is 3.83. The number of nitrogens with zero attached hydrogens (tertiary/aromatic N) is 1. The van der Waals surface area contributed by atoms with Crippen molar-refractivity contribution in [2.75, 3.05) is 25.6 Å². The number of methoxy groups -OCH3 is 2. The second-order valence-electron chi connectivity index (χ2n) is 5.15. The number of ether oxygens (including phenoxy) is 2. The first-order valence-corrected chi connectivity index (χ1v) is 8.92. The lowest BCUT2D eigenvalue weighted by Crippen LogP contribution is -2.27. The highest BCUT2D eigenvalue weighted by Gasteiger charge is 2.34. The van der Waals surface area contributed by atoms with Gasteiger partial charge < -0.3 is 9.47 Å². The molecule has 0 atom stereocenters.